The average molecular weight is 394 g/mol. The first kappa shape index (κ1) is 22.6. The smallest absolute Gasteiger partial charge is 0.324 e. The fourth-order valence-electron chi connectivity index (χ4n) is 2.27. The third-order valence-corrected chi connectivity index (χ3v) is 3.62. The van der Waals surface area contributed by atoms with Gasteiger partial charge in [0.2, 0.25) is 0 Å². The van der Waals surface area contributed by atoms with Crippen molar-refractivity contribution in [3.8, 4) is 0 Å². The van der Waals surface area contributed by atoms with Crippen LogP contribution >= 0.6 is 12.4 Å². The molecule has 0 amide bonds. The van der Waals surface area contributed by atoms with Gasteiger partial charge < -0.3 is 19.9 Å². The first-order chi connectivity index (χ1) is 12.7. The number of ether oxygens (including phenoxy) is 2. The van der Waals surface area contributed by atoms with Gasteiger partial charge in [-0.25, -0.2) is 0 Å². The Morgan fingerprint density at radius 2 is 1.41 bits per heavy atom. The van der Waals surface area contributed by atoms with Gasteiger partial charge in [0.1, 0.15) is 19.3 Å². The van der Waals surface area contributed by atoms with E-state index in [0.717, 1.165) is 11.1 Å². The summed E-state index contributed by atoms with van der Waals surface area (Å²) < 4.78 is 10.5. The van der Waals surface area contributed by atoms with Crippen LogP contribution in [0.1, 0.15) is 17.5 Å². The summed E-state index contributed by atoms with van der Waals surface area (Å²) in [6, 6.07) is 17.7. The maximum atomic E-state index is 12.3. The van der Waals surface area contributed by atoms with E-state index in [1.807, 2.05) is 60.7 Å². The molecule has 0 fully saturated rings. The summed E-state index contributed by atoms with van der Waals surface area (Å²) in [4.78, 5) is 24.3. The number of hydrogen-bond acceptors (Lipinski definition) is 6. The van der Waals surface area contributed by atoms with E-state index in [0.29, 0.717) is 0 Å². The summed E-state index contributed by atoms with van der Waals surface area (Å²) in [6.45, 7) is 0.292. The van der Waals surface area contributed by atoms with Crippen molar-refractivity contribution in [3.05, 3.63) is 71.8 Å². The summed E-state index contributed by atoms with van der Waals surface area (Å²) in [5.74, 6) is -1.07. The Labute approximate surface area is 164 Å². The summed E-state index contributed by atoms with van der Waals surface area (Å²) >= 11 is 0. The minimum absolute atomic E-state index is 0. The van der Waals surface area contributed by atoms with Crippen LogP contribution in [0.5, 0.6) is 0 Å². The summed E-state index contributed by atoms with van der Waals surface area (Å²) in [7, 11) is 0. The third-order valence-electron chi connectivity index (χ3n) is 3.62. The van der Waals surface area contributed by atoms with Gasteiger partial charge in [0.05, 0.1) is 13.0 Å². The third kappa shape index (κ3) is 8.68. The van der Waals surface area contributed by atoms with E-state index in [1.165, 1.54) is 0 Å². The SMILES string of the molecule is Cl.O=C(CC(NCCO)C(=O)OCc1ccccc1)OCc1ccccc1. The number of esters is 2. The quantitative estimate of drug-likeness (QED) is 0.602. The van der Waals surface area contributed by atoms with Gasteiger partial charge in [-0.2, -0.15) is 0 Å². The molecule has 0 heterocycles. The van der Waals surface area contributed by atoms with Gasteiger partial charge in [0, 0.05) is 6.54 Å². The van der Waals surface area contributed by atoms with Gasteiger partial charge in [0.15, 0.2) is 0 Å². The Morgan fingerprint density at radius 3 is 1.93 bits per heavy atom. The molecule has 6 nitrogen and oxygen atoms in total. The van der Waals surface area contributed by atoms with Gasteiger partial charge in [-0.3, -0.25) is 9.59 Å². The molecular weight excluding hydrogens is 370 g/mol. The summed E-state index contributed by atoms with van der Waals surface area (Å²) in [5, 5.41) is 11.8. The molecule has 0 radical (unpaired) electrons. The molecule has 0 saturated carbocycles. The number of nitrogens with one attached hydrogen (secondary N) is 1. The van der Waals surface area contributed by atoms with Crippen LogP contribution < -0.4 is 5.32 Å². The van der Waals surface area contributed by atoms with Gasteiger partial charge in [0.25, 0.3) is 0 Å². The van der Waals surface area contributed by atoms with Gasteiger partial charge >= 0.3 is 11.9 Å². The first-order valence-corrected chi connectivity index (χ1v) is 8.43. The average Bonchev–Trinajstić information content (AvgIpc) is 2.69. The minimum Gasteiger partial charge on any atom is -0.461 e. The zero-order valence-electron chi connectivity index (χ0n) is 14.9. The van der Waals surface area contributed by atoms with E-state index in [9.17, 15) is 9.59 Å². The topological polar surface area (TPSA) is 84.9 Å². The van der Waals surface area contributed by atoms with Crippen molar-refractivity contribution in [2.45, 2.75) is 25.7 Å². The van der Waals surface area contributed by atoms with Crippen LogP contribution in [0.4, 0.5) is 0 Å². The van der Waals surface area contributed by atoms with Crippen LogP contribution in [-0.2, 0) is 32.3 Å². The molecule has 2 rings (SSSR count). The van der Waals surface area contributed by atoms with E-state index >= 15 is 0 Å². The lowest BCUT2D eigenvalue weighted by Crippen LogP contribution is -2.41. The summed E-state index contributed by atoms with van der Waals surface area (Å²) in [6.07, 6.45) is -0.166. The second-order valence-electron chi connectivity index (χ2n) is 5.67. The van der Waals surface area contributed by atoms with Crippen molar-refractivity contribution < 1.29 is 24.2 Å². The molecule has 2 N–H and O–H groups in total. The van der Waals surface area contributed by atoms with Gasteiger partial charge in [-0.1, -0.05) is 60.7 Å². The molecule has 2 aromatic rings. The number of carbonyl (C=O) groups excluding carboxylic acids is 2. The Balaban J connectivity index is 0.00000364. The molecule has 0 aliphatic carbocycles. The maximum Gasteiger partial charge on any atom is 0.324 e. The van der Waals surface area contributed by atoms with E-state index < -0.39 is 18.0 Å². The highest BCUT2D eigenvalue weighted by molar-refractivity contribution is 5.85. The van der Waals surface area contributed by atoms with Crippen molar-refractivity contribution in [1.29, 1.82) is 0 Å². The highest BCUT2D eigenvalue weighted by Crippen LogP contribution is 2.06. The lowest BCUT2D eigenvalue weighted by atomic mass is 10.2. The standard InChI is InChI=1S/C20H23NO5.ClH/c22-12-11-21-18(20(24)26-15-17-9-5-2-6-10-17)13-19(23)25-14-16-7-3-1-4-8-16;/h1-10,18,21-22H,11-15H2;1H. The van der Waals surface area contributed by atoms with Crippen molar-refractivity contribution in [2.75, 3.05) is 13.2 Å². The first-order valence-electron chi connectivity index (χ1n) is 8.43. The van der Waals surface area contributed by atoms with Crippen molar-refractivity contribution in [2.24, 2.45) is 0 Å². The van der Waals surface area contributed by atoms with E-state index in [4.69, 9.17) is 14.6 Å². The Bertz CT molecular complexity index is 681. The second-order valence-corrected chi connectivity index (χ2v) is 5.67. The van der Waals surface area contributed by atoms with Gasteiger partial charge in [-0.05, 0) is 11.1 Å². The highest BCUT2D eigenvalue weighted by atomic mass is 35.5. The van der Waals surface area contributed by atoms with Crippen molar-refractivity contribution in [3.63, 3.8) is 0 Å². The van der Waals surface area contributed by atoms with Crippen LogP contribution in [0.25, 0.3) is 0 Å². The van der Waals surface area contributed by atoms with E-state index in [-0.39, 0.29) is 45.2 Å². The zero-order chi connectivity index (χ0) is 18.6. The molecule has 0 aromatic heterocycles. The van der Waals surface area contributed by atoms with Crippen molar-refractivity contribution in [1.82, 2.24) is 5.32 Å². The number of halogens is 1. The fourth-order valence-corrected chi connectivity index (χ4v) is 2.27. The number of benzene rings is 2. The largest absolute Gasteiger partial charge is 0.461 e. The van der Waals surface area contributed by atoms with Gasteiger partial charge in [-0.15, -0.1) is 12.4 Å². The van der Waals surface area contributed by atoms with Crippen LogP contribution in [0.2, 0.25) is 0 Å². The number of hydrogen-bond donors (Lipinski definition) is 2. The van der Waals surface area contributed by atoms with Crippen molar-refractivity contribution >= 4 is 24.3 Å². The molecule has 1 atom stereocenters. The molecular formula is C20H24ClNO5. The summed E-state index contributed by atoms with van der Waals surface area (Å²) in [5.41, 5.74) is 1.72. The number of rotatable bonds is 10. The predicted molar refractivity (Wildman–Crippen MR) is 103 cm³/mol. The zero-order valence-corrected chi connectivity index (χ0v) is 15.7. The predicted octanol–water partition coefficient (Wildman–Crippen LogP) is 2.24. The molecule has 0 aliphatic rings. The molecule has 0 bridgehead atoms. The lowest BCUT2D eigenvalue weighted by molar-refractivity contribution is -0.154. The second kappa shape index (κ2) is 12.9. The van der Waals surface area contributed by atoms with Crippen LogP contribution in [-0.4, -0.2) is 36.2 Å². The molecule has 1 unspecified atom stereocenters. The molecule has 0 saturated heterocycles. The normalized spacial score (nSPS) is 11.1. The number of aliphatic hydroxyl groups excluding tert-OH is 1. The molecule has 7 heteroatoms. The minimum atomic E-state index is -0.867. The highest BCUT2D eigenvalue weighted by Gasteiger charge is 2.23. The van der Waals surface area contributed by atoms with Crippen LogP contribution in [0, 0.1) is 0 Å². The molecule has 146 valence electrons. The molecule has 0 spiro atoms. The molecule has 27 heavy (non-hydrogen) atoms. The lowest BCUT2D eigenvalue weighted by Gasteiger charge is -2.16. The van der Waals surface area contributed by atoms with E-state index in [1.54, 1.807) is 0 Å². The Morgan fingerprint density at radius 1 is 0.889 bits per heavy atom. The molecule has 0 aliphatic heterocycles. The van der Waals surface area contributed by atoms with Crippen LogP contribution in [0.3, 0.4) is 0 Å². The Kier molecular flexibility index (Phi) is 10.8. The Hall–Kier alpha value is -2.41. The number of aliphatic hydroxyl groups is 1. The molecule has 2 aromatic carbocycles. The van der Waals surface area contributed by atoms with E-state index in [2.05, 4.69) is 5.32 Å². The number of carbonyl (C=O) groups is 2. The maximum absolute atomic E-state index is 12.3. The monoisotopic (exact) mass is 393 g/mol. The fraction of sp³-hybridized carbons (Fsp3) is 0.300. The van der Waals surface area contributed by atoms with Crippen LogP contribution in [0.15, 0.2) is 60.7 Å².